The average molecular weight is 326 g/mol. The Morgan fingerprint density at radius 1 is 1.29 bits per heavy atom. The number of hydrogen-bond acceptors (Lipinski definition) is 3. The Bertz CT molecular complexity index is 753. The predicted molar refractivity (Wildman–Crippen MR) is 91.3 cm³/mol. The van der Waals surface area contributed by atoms with Crippen LogP contribution in [0.2, 0.25) is 0 Å². The Kier molecular flexibility index (Phi) is 4.64. The van der Waals surface area contributed by atoms with Crippen LogP contribution in [-0.2, 0) is 22.6 Å². The van der Waals surface area contributed by atoms with Gasteiger partial charge in [-0.05, 0) is 36.8 Å². The van der Waals surface area contributed by atoms with E-state index in [0.717, 1.165) is 18.4 Å². The van der Waals surface area contributed by atoms with Crippen LogP contribution in [0.25, 0.3) is 0 Å². The Labute approximate surface area is 141 Å². The smallest absolute Gasteiger partial charge is 0.313 e. The summed E-state index contributed by atoms with van der Waals surface area (Å²) in [6, 6.07) is 7.95. The molecule has 1 aromatic carbocycles. The molecule has 24 heavy (non-hydrogen) atoms. The third kappa shape index (κ3) is 3.32. The van der Waals surface area contributed by atoms with Crippen molar-refractivity contribution in [3.63, 3.8) is 0 Å². The quantitative estimate of drug-likeness (QED) is 0.850. The number of nitrogens with one attached hydrogen (secondary N) is 2. The third-order valence-corrected chi connectivity index (χ3v) is 4.54. The Morgan fingerprint density at radius 2 is 2.08 bits per heavy atom. The van der Waals surface area contributed by atoms with E-state index in [4.69, 9.17) is 0 Å². The molecule has 3 rings (SSSR count). The molecule has 0 aliphatic heterocycles. The lowest BCUT2D eigenvalue weighted by Crippen LogP contribution is -2.41. The highest BCUT2D eigenvalue weighted by Gasteiger charge is 2.29. The lowest BCUT2D eigenvalue weighted by molar-refractivity contribution is -0.136. The zero-order valence-electron chi connectivity index (χ0n) is 14.0. The fraction of sp³-hybridized carbons (Fsp3) is 0.389. The number of nitrogens with zero attached hydrogens (tertiary/aromatic N) is 2. The van der Waals surface area contributed by atoms with E-state index in [1.165, 1.54) is 11.8 Å². The van der Waals surface area contributed by atoms with Gasteiger partial charge < -0.3 is 10.6 Å². The summed E-state index contributed by atoms with van der Waals surface area (Å²) >= 11 is 0. The van der Waals surface area contributed by atoms with Gasteiger partial charge in [0.15, 0.2) is 0 Å². The minimum atomic E-state index is -0.666. The summed E-state index contributed by atoms with van der Waals surface area (Å²) < 4.78 is 1.69. The molecule has 2 amide bonds. The van der Waals surface area contributed by atoms with Gasteiger partial charge in [0.2, 0.25) is 0 Å². The topological polar surface area (TPSA) is 76.0 Å². The standard InChI is InChI=1S/C18H22N4O2/c1-3-22-11-14(10-19-22)20-17(23)18(24)21-16-12(2)8-9-13-6-4-5-7-15(13)16/h4-7,10-12,16H,3,8-9H2,1-2H3,(H,20,23)(H,21,24)/t12-,16+/m1/s1. The van der Waals surface area contributed by atoms with Gasteiger partial charge in [-0.3, -0.25) is 14.3 Å². The van der Waals surface area contributed by atoms with E-state index in [1.807, 2.05) is 25.1 Å². The number of rotatable bonds is 3. The molecule has 2 N–H and O–H groups in total. The minimum Gasteiger partial charge on any atom is -0.341 e. The number of hydrogen-bond donors (Lipinski definition) is 2. The van der Waals surface area contributed by atoms with Crippen LogP contribution in [0.3, 0.4) is 0 Å². The molecule has 0 saturated heterocycles. The monoisotopic (exact) mass is 326 g/mol. The van der Waals surface area contributed by atoms with E-state index < -0.39 is 11.8 Å². The highest BCUT2D eigenvalue weighted by atomic mass is 16.2. The van der Waals surface area contributed by atoms with Crippen LogP contribution >= 0.6 is 0 Å². The number of carbonyl (C=O) groups is 2. The Hall–Kier alpha value is -2.63. The SMILES string of the molecule is CCn1cc(NC(=O)C(=O)N[C@@H]2c3ccccc3CC[C@H]2C)cn1. The van der Waals surface area contributed by atoms with Crippen LogP contribution in [0.4, 0.5) is 5.69 Å². The molecule has 0 fully saturated rings. The number of fused-ring (bicyclic) bond motifs is 1. The van der Waals surface area contributed by atoms with Crippen molar-refractivity contribution in [2.24, 2.45) is 5.92 Å². The second-order valence-corrected chi connectivity index (χ2v) is 6.20. The van der Waals surface area contributed by atoms with E-state index in [0.29, 0.717) is 18.2 Å². The fourth-order valence-electron chi connectivity index (χ4n) is 3.14. The lowest BCUT2D eigenvalue weighted by atomic mass is 9.80. The second-order valence-electron chi connectivity index (χ2n) is 6.20. The number of anilines is 1. The molecule has 6 nitrogen and oxygen atoms in total. The Balaban J connectivity index is 1.68. The minimum absolute atomic E-state index is 0.133. The largest absolute Gasteiger partial charge is 0.341 e. The van der Waals surface area contributed by atoms with Crippen molar-refractivity contribution < 1.29 is 9.59 Å². The van der Waals surface area contributed by atoms with Crippen LogP contribution in [0.1, 0.15) is 37.4 Å². The van der Waals surface area contributed by atoms with Gasteiger partial charge in [0, 0.05) is 12.7 Å². The Morgan fingerprint density at radius 3 is 2.83 bits per heavy atom. The molecule has 1 aromatic heterocycles. The maximum absolute atomic E-state index is 12.3. The van der Waals surface area contributed by atoms with E-state index in [2.05, 4.69) is 28.7 Å². The van der Waals surface area contributed by atoms with Gasteiger partial charge in [0.05, 0.1) is 17.9 Å². The van der Waals surface area contributed by atoms with Crippen molar-refractivity contribution in [2.75, 3.05) is 5.32 Å². The molecule has 0 bridgehead atoms. The van der Waals surface area contributed by atoms with Crippen molar-refractivity contribution in [3.8, 4) is 0 Å². The van der Waals surface area contributed by atoms with Crippen LogP contribution in [0.5, 0.6) is 0 Å². The molecule has 1 heterocycles. The highest BCUT2D eigenvalue weighted by Crippen LogP contribution is 2.33. The summed E-state index contributed by atoms with van der Waals surface area (Å²) in [5, 5.41) is 9.55. The van der Waals surface area contributed by atoms with Gasteiger partial charge in [-0.1, -0.05) is 31.2 Å². The summed E-state index contributed by atoms with van der Waals surface area (Å²) in [5.74, 6) is -0.992. The number of aryl methyl sites for hydroxylation is 2. The van der Waals surface area contributed by atoms with Gasteiger partial charge >= 0.3 is 11.8 Å². The van der Waals surface area contributed by atoms with Gasteiger partial charge in [0.25, 0.3) is 0 Å². The van der Waals surface area contributed by atoms with Crippen molar-refractivity contribution in [1.29, 1.82) is 0 Å². The summed E-state index contributed by atoms with van der Waals surface area (Å²) in [7, 11) is 0. The molecule has 0 unspecified atom stereocenters. The van der Waals surface area contributed by atoms with Crippen LogP contribution in [0.15, 0.2) is 36.7 Å². The summed E-state index contributed by atoms with van der Waals surface area (Å²) in [5.41, 5.74) is 2.87. The van der Waals surface area contributed by atoms with Gasteiger partial charge in [-0.2, -0.15) is 5.10 Å². The van der Waals surface area contributed by atoms with Gasteiger partial charge in [0.1, 0.15) is 0 Å². The molecule has 0 radical (unpaired) electrons. The van der Waals surface area contributed by atoms with E-state index in [-0.39, 0.29) is 6.04 Å². The molecule has 1 aliphatic carbocycles. The molecular weight excluding hydrogens is 304 g/mol. The van der Waals surface area contributed by atoms with Crippen molar-refractivity contribution in [2.45, 2.75) is 39.3 Å². The molecule has 126 valence electrons. The molecular formula is C18H22N4O2. The zero-order valence-corrected chi connectivity index (χ0v) is 14.0. The van der Waals surface area contributed by atoms with Gasteiger partial charge in [-0.15, -0.1) is 0 Å². The number of benzene rings is 1. The molecule has 6 heteroatoms. The lowest BCUT2D eigenvalue weighted by Gasteiger charge is -2.31. The first-order valence-electron chi connectivity index (χ1n) is 8.30. The third-order valence-electron chi connectivity index (χ3n) is 4.54. The zero-order chi connectivity index (χ0) is 17.1. The maximum Gasteiger partial charge on any atom is 0.313 e. The summed E-state index contributed by atoms with van der Waals surface area (Å²) in [6.07, 6.45) is 5.23. The average Bonchev–Trinajstić information content (AvgIpc) is 3.05. The number of carbonyl (C=O) groups excluding carboxylic acids is 2. The predicted octanol–water partition coefficient (Wildman–Crippen LogP) is 2.28. The molecule has 1 aliphatic rings. The first kappa shape index (κ1) is 16.2. The molecule has 2 aromatic rings. The number of aromatic nitrogens is 2. The maximum atomic E-state index is 12.3. The first-order valence-corrected chi connectivity index (χ1v) is 8.30. The normalized spacial score (nSPS) is 19.4. The van der Waals surface area contributed by atoms with Crippen molar-refractivity contribution in [3.05, 3.63) is 47.8 Å². The molecule has 0 saturated carbocycles. The van der Waals surface area contributed by atoms with E-state index in [1.54, 1.807) is 10.9 Å². The highest BCUT2D eigenvalue weighted by molar-refractivity contribution is 6.39. The fourth-order valence-corrected chi connectivity index (χ4v) is 3.14. The van der Waals surface area contributed by atoms with Crippen molar-refractivity contribution in [1.82, 2.24) is 15.1 Å². The van der Waals surface area contributed by atoms with Crippen molar-refractivity contribution >= 4 is 17.5 Å². The van der Waals surface area contributed by atoms with E-state index in [9.17, 15) is 9.59 Å². The summed E-state index contributed by atoms with van der Waals surface area (Å²) in [4.78, 5) is 24.4. The molecule has 2 atom stereocenters. The second kappa shape index (κ2) is 6.86. The van der Waals surface area contributed by atoms with E-state index >= 15 is 0 Å². The van der Waals surface area contributed by atoms with Crippen LogP contribution < -0.4 is 10.6 Å². The summed E-state index contributed by atoms with van der Waals surface area (Å²) in [6.45, 7) is 4.76. The number of amides is 2. The van der Waals surface area contributed by atoms with Crippen LogP contribution in [-0.4, -0.2) is 21.6 Å². The van der Waals surface area contributed by atoms with Gasteiger partial charge in [-0.25, -0.2) is 0 Å². The first-order chi connectivity index (χ1) is 11.6. The van der Waals surface area contributed by atoms with Crippen LogP contribution in [0, 0.1) is 5.92 Å². The molecule has 0 spiro atoms.